The molecule has 1 aliphatic rings. The first-order chi connectivity index (χ1) is 8.44. The molecule has 1 rings (SSSR count). The van der Waals surface area contributed by atoms with Crippen LogP contribution in [0.5, 0.6) is 0 Å². The van der Waals surface area contributed by atoms with Gasteiger partial charge in [-0.15, -0.1) is 0 Å². The summed E-state index contributed by atoms with van der Waals surface area (Å²) >= 11 is 0. The van der Waals surface area contributed by atoms with Crippen LogP contribution in [-0.4, -0.2) is 25.2 Å². The number of rotatable bonds is 6. The highest BCUT2D eigenvalue weighted by molar-refractivity contribution is 5.81. The van der Waals surface area contributed by atoms with Crippen LogP contribution >= 0.6 is 0 Å². The maximum absolute atomic E-state index is 11.9. The van der Waals surface area contributed by atoms with E-state index in [1.807, 2.05) is 0 Å². The van der Waals surface area contributed by atoms with Crippen molar-refractivity contribution in [2.75, 3.05) is 13.2 Å². The molecule has 2 nitrogen and oxygen atoms in total. The van der Waals surface area contributed by atoms with E-state index >= 15 is 0 Å². The van der Waals surface area contributed by atoms with E-state index in [1.165, 1.54) is 0 Å². The van der Waals surface area contributed by atoms with Crippen LogP contribution in [0.2, 0.25) is 0 Å². The lowest BCUT2D eigenvalue weighted by Gasteiger charge is -2.29. The maximum Gasteiger partial charge on any atom is 0.411 e. The van der Waals surface area contributed by atoms with Crippen LogP contribution in [0, 0.1) is 11.8 Å². The predicted octanol–water partition coefficient (Wildman–Crippen LogP) is 3.74. The van der Waals surface area contributed by atoms with Gasteiger partial charge >= 0.3 is 6.18 Å². The summed E-state index contributed by atoms with van der Waals surface area (Å²) in [6, 6.07) is 0. The molecule has 0 aliphatic heterocycles. The van der Waals surface area contributed by atoms with Crippen LogP contribution in [0.15, 0.2) is 0 Å². The molecule has 0 amide bonds. The van der Waals surface area contributed by atoms with Crippen molar-refractivity contribution in [3.8, 4) is 0 Å². The second-order valence-corrected chi connectivity index (χ2v) is 4.94. The van der Waals surface area contributed by atoms with Crippen molar-refractivity contribution in [3.05, 3.63) is 0 Å². The minimum atomic E-state index is -4.31. The van der Waals surface area contributed by atoms with Crippen LogP contribution in [0.25, 0.3) is 0 Å². The molecule has 2 unspecified atom stereocenters. The van der Waals surface area contributed by atoms with Crippen LogP contribution in [0.3, 0.4) is 0 Å². The molecular formula is C13H21F3O2. The van der Waals surface area contributed by atoms with E-state index in [9.17, 15) is 18.0 Å². The van der Waals surface area contributed by atoms with Gasteiger partial charge in [0.2, 0.25) is 0 Å². The van der Waals surface area contributed by atoms with Gasteiger partial charge in [-0.05, 0) is 18.8 Å². The summed E-state index contributed by atoms with van der Waals surface area (Å²) in [5.41, 5.74) is 0. The molecule has 106 valence electrons. The van der Waals surface area contributed by atoms with Crippen LogP contribution in [-0.2, 0) is 9.53 Å². The number of halogens is 3. The highest BCUT2D eigenvalue weighted by Crippen LogP contribution is 2.33. The van der Waals surface area contributed by atoms with Gasteiger partial charge in [0, 0.05) is 12.3 Å². The lowest BCUT2D eigenvalue weighted by molar-refractivity contribution is -0.174. The lowest BCUT2D eigenvalue weighted by atomic mass is 9.75. The molecule has 0 aromatic carbocycles. The van der Waals surface area contributed by atoms with E-state index in [0.717, 1.165) is 32.1 Å². The van der Waals surface area contributed by atoms with E-state index < -0.39 is 12.8 Å². The molecular weight excluding hydrogens is 245 g/mol. The quantitative estimate of drug-likeness (QED) is 0.684. The molecule has 5 heteroatoms. The van der Waals surface area contributed by atoms with Crippen molar-refractivity contribution in [1.82, 2.24) is 0 Å². The molecule has 0 heterocycles. The van der Waals surface area contributed by atoms with Crippen LogP contribution < -0.4 is 0 Å². The molecule has 0 radical (unpaired) electrons. The largest absolute Gasteiger partial charge is 0.411 e. The molecule has 0 spiro atoms. The average molecular weight is 266 g/mol. The topological polar surface area (TPSA) is 26.3 Å². The fourth-order valence-electron chi connectivity index (χ4n) is 2.67. The first-order valence-electron chi connectivity index (χ1n) is 6.61. The van der Waals surface area contributed by atoms with Crippen LogP contribution in [0.4, 0.5) is 13.2 Å². The summed E-state index contributed by atoms with van der Waals surface area (Å²) in [5.74, 6) is 0.524. The number of alkyl halides is 3. The van der Waals surface area contributed by atoms with E-state index in [2.05, 4.69) is 11.7 Å². The number of ether oxygens (including phenoxy) is 1. The smallest absolute Gasteiger partial charge is 0.372 e. The fraction of sp³-hybridized carbons (Fsp3) is 0.923. The third kappa shape index (κ3) is 5.38. The van der Waals surface area contributed by atoms with Gasteiger partial charge in [0.25, 0.3) is 0 Å². The van der Waals surface area contributed by atoms with E-state index in [-0.39, 0.29) is 24.7 Å². The lowest BCUT2D eigenvalue weighted by Crippen LogP contribution is -2.28. The minimum Gasteiger partial charge on any atom is -0.372 e. The molecule has 18 heavy (non-hydrogen) atoms. The summed E-state index contributed by atoms with van der Waals surface area (Å²) < 4.78 is 40.0. The molecule has 0 aromatic heterocycles. The Morgan fingerprint density at radius 1 is 1.28 bits per heavy atom. The molecule has 0 N–H and O–H groups in total. The van der Waals surface area contributed by atoms with E-state index in [0.29, 0.717) is 5.92 Å². The van der Waals surface area contributed by atoms with Crippen LogP contribution in [0.1, 0.15) is 45.4 Å². The first kappa shape index (κ1) is 15.5. The van der Waals surface area contributed by atoms with Crippen molar-refractivity contribution >= 4 is 5.78 Å². The van der Waals surface area contributed by atoms with Gasteiger partial charge in [0.1, 0.15) is 12.4 Å². The first-order valence-corrected chi connectivity index (χ1v) is 6.61. The number of hydrogen-bond acceptors (Lipinski definition) is 2. The van der Waals surface area contributed by atoms with Gasteiger partial charge < -0.3 is 4.74 Å². The Bertz CT molecular complexity index is 263. The SMILES string of the molecule is CCC1CCCCC1C(=O)CCOCC(F)(F)F. The molecule has 0 bridgehead atoms. The number of Topliss-reactive ketones (excluding diaryl/α,β-unsaturated/α-hetero) is 1. The van der Waals surface area contributed by atoms with Crippen molar-refractivity contribution < 1.29 is 22.7 Å². The van der Waals surface area contributed by atoms with Gasteiger partial charge in [-0.1, -0.05) is 26.2 Å². The summed E-state index contributed by atoms with van der Waals surface area (Å²) in [6.45, 7) is 0.684. The predicted molar refractivity (Wildman–Crippen MR) is 62.2 cm³/mol. The highest BCUT2D eigenvalue weighted by Gasteiger charge is 2.30. The summed E-state index contributed by atoms with van der Waals surface area (Å²) in [6.07, 6.45) is 0.938. The summed E-state index contributed by atoms with van der Waals surface area (Å²) in [7, 11) is 0. The Labute approximate surface area is 106 Å². The van der Waals surface area contributed by atoms with Crippen molar-refractivity contribution in [2.24, 2.45) is 11.8 Å². The van der Waals surface area contributed by atoms with Gasteiger partial charge in [-0.25, -0.2) is 0 Å². The molecule has 0 saturated heterocycles. The Hall–Kier alpha value is -0.580. The average Bonchev–Trinajstić information content (AvgIpc) is 2.33. The van der Waals surface area contributed by atoms with Gasteiger partial charge in [0.05, 0.1) is 6.61 Å². The van der Waals surface area contributed by atoms with E-state index in [1.54, 1.807) is 0 Å². The number of hydrogen-bond donors (Lipinski definition) is 0. The Morgan fingerprint density at radius 3 is 2.56 bits per heavy atom. The number of ketones is 1. The zero-order valence-corrected chi connectivity index (χ0v) is 10.8. The van der Waals surface area contributed by atoms with Gasteiger partial charge in [-0.3, -0.25) is 4.79 Å². The zero-order valence-electron chi connectivity index (χ0n) is 10.8. The van der Waals surface area contributed by atoms with Crippen molar-refractivity contribution in [2.45, 2.75) is 51.6 Å². The zero-order chi connectivity index (χ0) is 13.6. The number of carbonyl (C=O) groups is 1. The molecule has 1 aliphatic carbocycles. The fourth-order valence-corrected chi connectivity index (χ4v) is 2.67. The van der Waals surface area contributed by atoms with E-state index in [4.69, 9.17) is 0 Å². The third-order valence-electron chi connectivity index (χ3n) is 3.61. The third-order valence-corrected chi connectivity index (χ3v) is 3.61. The normalized spacial score (nSPS) is 25.1. The highest BCUT2D eigenvalue weighted by atomic mass is 19.4. The Morgan fingerprint density at radius 2 is 1.94 bits per heavy atom. The maximum atomic E-state index is 11.9. The Balaban J connectivity index is 2.27. The standard InChI is InChI=1S/C13H21F3O2/c1-2-10-5-3-4-6-11(10)12(17)7-8-18-9-13(14,15)16/h10-11H,2-9H2,1H3. The molecule has 0 aromatic rings. The molecule has 1 saturated carbocycles. The summed E-state index contributed by atoms with van der Waals surface area (Å²) in [5, 5.41) is 0. The summed E-state index contributed by atoms with van der Waals surface area (Å²) in [4.78, 5) is 11.9. The number of carbonyl (C=O) groups excluding carboxylic acids is 1. The van der Waals surface area contributed by atoms with Crippen molar-refractivity contribution in [3.63, 3.8) is 0 Å². The Kier molecular flexibility index (Phi) is 6.12. The van der Waals surface area contributed by atoms with Gasteiger partial charge in [-0.2, -0.15) is 13.2 Å². The second kappa shape index (κ2) is 7.12. The monoisotopic (exact) mass is 266 g/mol. The second-order valence-electron chi connectivity index (χ2n) is 4.94. The molecule has 2 atom stereocenters. The molecule has 1 fully saturated rings. The van der Waals surface area contributed by atoms with Gasteiger partial charge in [0.15, 0.2) is 0 Å². The van der Waals surface area contributed by atoms with Crippen molar-refractivity contribution in [1.29, 1.82) is 0 Å². The minimum absolute atomic E-state index is 0.0400.